The van der Waals surface area contributed by atoms with Gasteiger partial charge >= 0.3 is 0 Å². The number of hydrogen-bond donors (Lipinski definition) is 1. The number of fused-ring (bicyclic) bond motifs is 1. The van der Waals surface area contributed by atoms with Crippen molar-refractivity contribution in [3.05, 3.63) is 94.3 Å². The van der Waals surface area contributed by atoms with Crippen molar-refractivity contribution in [2.24, 2.45) is 0 Å². The number of rotatable bonds is 10. The van der Waals surface area contributed by atoms with Crippen molar-refractivity contribution in [1.82, 2.24) is 14.9 Å². The number of aromatic nitrogens is 2. The second kappa shape index (κ2) is 11.2. The first-order chi connectivity index (χ1) is 16.9. The summed E-state index contributed by atoms with van der Waals surface area (Å²) in [4.78, 5) is 17.5. The topological polar surface area (TPSA) is 56.1 Å². The summed E-state index contributed by atoms with van der Waals surface area (Å²) < 4.78 is 8.32. The molecule has 1 aromatic heterocycles. The molecular weight excluding hydrogens is 434 g/mol. The summed E-state index contributed by atoms with van der Waals surface area (Å²) in [7, 11) is 0. The van der Waals surface area contributed by atoms with Crippen LogP contribution in [-0.2, 0) is 13.0 Å². The summed E-state index contributed by atoms with van der Waals surface area (Å²) >= 11 is 0. The Bertz CT molecular complexity index is 1300. The van der Waals surface area contributed by atoms with Crippen LogP contribution >= 0.6 is 0 Å². The highest BCUT2D eigenvalue weighted by Crippen LogP contribution is 2.19. The summed E-state index contributed by atoms with van der Waals surface area (Å²) in [6.07, 6.45) is 2.53. The number of nitrogens with zero attached hydrogens (tertiary/aromatic N) is 2. The average molecular weight is 470 g/mol. The van der Waals surface area contributed by atoms with E-state index in [4.69, 9.17) is 9.72 Å². The van der Waals surface area contributed by atoms with Crippen molar-refractivity contribution in [3.8, 4) is 5.75 Å². The molecule has 1 heterocycles. The number of aryl methyl sites for hydroxylation is 6. The van der Waals surface area contributed by atoms with Gasteiger partial charge in [-0.15, -0.1) is 0 Å². The van der Waals surface area contributed by atoms with Gasteiger partial charge in [-0.1, -0.05) is 35.9 Å². The van der Waals surface area contributed by atoms with Crippen LogP contribution in [0.4, 0.5) is 0 Å². The first-order valence-corrected chi connectivity index (χ1v) is 12.4. The fourth-order valence-corrected chi connectivity index (χ4v) is 4.61. The van der Waals surface area contributed by atoms with Crippen LogP contribution in [-0.4, -0.2) is 28.6 Å². The first-order valence-electron chi connectivity index (χ1n) is 12.4. The Morgan fingerprint density at radius 2 is 1.69 bits per heavy atom. The summed E-state index contributed by atoms with van der Waals surface area (Å²) in [5.74, 6) is 1.97. The van der Waals surface area contributed by atoms with Gasteiger partial charge in [-0.2, -0.15) is 0 Å². The summed E-state index contributed by atoms with van der Waals surface area (Å²) in [5, 5.41) is 3.07. The Labute approximate surface area is 208 Å². The Morgan fingerprint density at radius 1 is 0.914 bits per heavy atom. The van der Waals surface area contributed by atoms with Crippen LogP contribution in [0.25, 0.3) is 11.0 Å². The minimum absolute atomic E-state index is 0.0143. The number of carbonyl (C=O) groups is 1. The van der Waals surface area contributed by atoms with Crippen molar-refractivity contribution in [2.75, 3.05) is 13.2 Å². The molecular formula is C30H35N3O2. The molecule has 0 spiro atoms. The lowest BCUT2D eigenvalue weighted by Gasteiger charge is -2.12. The van der Waals surface area contributed by atoms with Crippen LogP contribution < -0.4 is 10.1 Å². The largest absolute Gasteiger partial charge is 0.494 e. The van der Waals surface area contributed by atoms with Gasteiger partial charge in [-0.25, -0.2) is 4.98 Å². The molecule has 35 heavy (non-hydrogen) atoms. The van der Waals surface area contributed by atoms with Gasteiger partial charge in [-0.05, 0) is 87.6 Å². The highest BCUT2D eigenvalue weighted by atomic mass is 16.5. The minimum atomic E-state index is -0.0143. The van der Waals surface area contributed by atoms with Crippen molar-refractivity contribution in [2.45, 2.75) is 53.5 Å². The van der Waals surface area contributed by atoms with Gasteiger partial charge in [0.1, 0.15) is 11.6 Å². The van der Waals surface area contributed by atoms with Crippen molar-refractivity contribution >= 4 is 16.9 Å². The number of imidazole rings is 1. The van der Waals surface area contributed by atoms with E-state index < -0.39 is 0 Å². The molecule has 0 unspecified atom stereocenters. The van der Waals surface area contributed by atoms with E-state index in [1.807, 2.05) is 38.1 Å². The summed E-state index contributed by atoms with van der Waals surface area (Å²) in [6, 6.07) is 20.5. The third kappa shape index (κ3) is 6.30. The molecule has 0 fully saturated rings. The maximum absolute atomic E-state index is 12.6. The van der Waals surface area contributed by atoms with Crippen molar-refractivity contribution in [3.63, 3.8) is 0 Å². The van der Waals surface area contributed by atoms with E-state index in [1.165, 1.54) is 11.1 Å². The number of nitrogens with one attached hydrogen (secondary N) is 1. The van der Waals surface area contributed by atoms with Crippen LogP contribution in [0.5, 0.6) is 5.75 Å². The number of benzene rings is 3. The zero-order chi connectivity index (χ0) is 24.8. The third-order valence-electron chi connectivity index (χ3n) is 6.21. The fourth-order valence-electron chi connectivity index (χ4n) is 4.61. The molecule has 0 saturated heterocycles. The van der Waals surface area contributed by atoms with Gasteiger partial charge in [0.25, 0.3) is 5.91 Å². The summed E-state index contributed by atoms with van der Waals surface area (Å²) in [5.41, 5.74) is 7.50. The predicted molar refractivity (Wildman–Crippen MR) is 142 cm³/mol. The molecule has 5 nitrogen and oxygen atoms in total. The van der Waals surface area contributed by atoms with E-state index in [9.17, 15) is 4.79 Å². The van der Waals surface area contributed by atoms with Crippen molar-refractivity contribution in [1.29, 1.82) is 0 Å². The van der Waals surface area contributed by atoms with E-state index in [0.717, 1.165) is 65.1 Å². The molecule has 182 valence electrons. The van der Waals surface area contributed by atoms with E-state index in [-0.39, 0.29) is 5.91 Å². The third-order valence-corrected chi connectivity index (χ3v) is 6.21. The van der Waals surface area contributed by atoms with Crippen molar-refractivity contribution < 1.29 is 9.53 Å². The van der Waals surface area contributed by atoms with E-state index in [2.05, 4.69) is 60.1 Å². The minimum Gasteiger partial charge on any atom is -0.494 e. The quantitative estimate of drug-likeness (QED) is 0.286. The lowest BCUT2D eigenvalue weighted by atomic mass is 10.1. The molecule has 0 saturated carbocycles. The predicted octanol–water partition coefficient (Wildman–Crippen LogP) is 6.10. The molecule has 0 radical (unpaired) electrons. The number of amides is 1. The second-order valence-electron chi connectivity index (χ2n) is 9.37. The highest BCUT2D eigenvalue weighted by Gasteiger charge is 2.12. The van der Waals surface area contributed by atoms with Crippen LogP contribution in [0, 0.1) is 27.7 Å². The zero-order valence-corrected chi connectivity index (χ0v) is 21.2. The SMILES string of the molecule is Cc1cc(C)cc(OCCCn2c(CCCNC(=O)c3ccc(C)cc3C)nc3ccccc32)c1. The van der Waals surface area contributed by atoms with Gasteiger partial charge in [0, 0.05) is 25.1 Å². The maximum atomic E-state index is 12.6. The molecule has 0 atom stereocenters. The highest BCUT2D eigenvalue weighted by molar-refractivity contribution is 5.95. The number of para-hydroxylation sites is 2. The zero-order valence-electron chi connectivity index (χ0n) is 21.2. The number of ether oxygens (including phenoxy) is 1. The Balaban J connectivity index is 1.34. The number of carbonyl (C=O) groups excluding carboxylic acids is 1. The standard InChI is InChI=1S/C30H35N3O2/c1-21-12-13-26(24(4)18-21)30(34)31-14-7-11-29-32-27-9-5-6-10-28(27)33(29)15-8-16-35-25-19-22(2)17-23(3)20-25/h5-6,9-10,12-13,17-20H,7-8,11,14-16H2,1-4H3,(H,31,34). The van der Waals surface area contributed by atoms with Crippen LogP contribution in [0.3, 0.4) is 0 Å². The molecule has 4 rings (SSSR count). The Kier molecular flexibility index (Phi) is 7.86. The molecule has 5 heteroatoms. The lowest BCUT2D eigenvalue weighted by molar-refractivity contribution is 0.0952. The molecule has 0 aliphatic rings. The Morgan fingerprint density at radius 3 is 2.46 bits per heavy atom. The second-order valence-corrected chi connectivity index (χ2v) is 9.37. The average Bonchev–Trinajstić information content (AvgIpc) is 3.16. The molecule has 0 aliphatic heterocycles. The molecule has 3 aromatic carbocycles. The maximum Gasteiger partial charge on any atom is 0.251 e. The van der Waals surface area contributed by atoms with E-state index >= 15 is 0 Å². The van der Waals surface area contributed by atoms with E-state index in [1.54, 1.807) is 0 Å². The van der Waals surface area contributed by atoms with Crippen LogP contribution in [0.15, 0.2) is 60.7 Å². The molecule has 0 bridgehead atoms. The smallest absolute Gasteiger partial charge is 0.251 e. The van der Waals surface area contributed by atoms with Gasteiger partial charge in [0.2, 0.25) is 0 Å². The molecule has 4 aromatic rings. The molecule has 1 amide bonds. The first kappa shape index (κ1) is 24.5. The van der Waals surface area contributed by atoms with Crippen LogP contribution in [0.2, 0.25) is 0 Å². The van der Waals surface area contributed by atoms with Crippen LogP contribution in [0.1, 0.15) is 51.3 Å². The van der Waals surface area contributed by atoms with E-state index in [0.29, 0.717) is 13.2 Å². The lowest BCUT2D eigenvalue weighted by Crippen LogP contribution is -2.25. The Hall–Kier alpha value is -3.60. The van der Waals surface area contributed by atoms with Gasteiger partial charge in [-0.3, -0.25) is 4.79 Å². The van der Waals surface area contributed by atoms with Gasteiger partial charge in [0.05, 0.1) is 17.6 Å². The molecule has 1 N–H and O–H groups in total. The monoisotopic (exact) mass is 469 g/mol. The number of hydrogen-bond acceptors (Lipinski definition) is 3. The summed E-state index contributed by atoms with van der Waals surface area (Å²) in [6.45, 7) is 10.3. The molecule has 0 aliphatic carbocycles. The fraction of sp³-hybridized carbons (Fsp3) is 0.333. The van der Waals surface area contributed by atoms with Gasteiger partial charge in [0.15, 0.2) is 0 Å². The van der Waals surface area contributed by atoms with Gasteiger partial charge < -0.3 is 14.6 Å². The normalized spacial score (nSPS) is 11.1.